The Bertz CT molecular complexity index is 394. The summed E-state index contributed by atoms with van der Waals surface area (Å²) in [6, 6.07) is 7.42. The summed E-state index contributed by atoms with van der Waals surface area (Å²) in [7, 11) is 0. The molecule has 1 amide bonds. The van der Waals surface area contributed by atoms with Crippen molar-refractivity contribution < 1.29 is 9.90 Å². The maximum absolute atomic E-state index is 11.8. The predicted octanol–water partition coefficient (Wildman–Crippen LogP) is 2.53. The first-order valence-corrected chi connectivity index (χ1v) is 7.26. The number of amides is 1. The van der Waals surface area contributed by atoms with E-state index in [4.69, 9.17) is 0 Å². The van der Waals surface area contributed by atoms with Crippen molar-refractivity contribution in [3.63, 3.8) is 0 Å². The van der Waals surface area contributed by atoms with Crippen LogP contribution in [-0.2, 0) is 4.79 Å². The molecular weight excluding hydrogens is 308 g/mol. The average Bonchev–Trinajstić information content (AvgIpc) is 2.44. The zero-order chi connectivity index (χ0) is 14.3. The fourth-order valence-corrected chi connectivity index (χ4v) is 2.05. The zero-order valence-corrected chi connectivity index (χ0v) is 13.0. The average molecular weight is 329 g/mol. The van der Waals surface area contributed by atoms with Crippen LogP contribution in [0.3, 0.4) is 0 Å². The third-order valence-electron chi connectivity index (χ3n) is 3.41. The number of hydrogen-bond donors (Lipinski definition) is 3. The van der Waals surface area contributed by atoms with E-state index in [1.165, 1.54) is 0 Å². The highest BCUT2D eigenvalue weighted by Gasteiger charge is 2.24. The molecule has 0 saturated carbocycles. The minimum absolute atomic E-state index is 0.0333. The number of halogens is 1. The standard InChI is InChI=1S/C14H21BrN2O2/c1-3-14(4-2,10-18)16-9-13(19)17-12-7-5-11(15)6-8-12/h5-8,16,18H,3-4,9-10H2,1-2H3,(H,17,19). The lowest BCUT2D eigenvalue weighted by molar-refractivity contribution is -0.115. The fraction of sp³-hybridized carbons (Fsp3) is 0.500. The van der Waals surface area contributed by atoms with Crippen LogP contribution >= 0.6 is 15.9 Å². The number of anilines is 1. The van der Waals surface area contributed by atoms with Gasteiger partial charge >= 0.3 is 0 Å². The quantitative estimate of drug-likeness (QED) is 0.720. The second kappa shape index (κ2) is 7.62. The first-order chi connectivity index (χ1) is 9.05. The lowest BCUT2D eigenvalue weighted by atomic mass is 9.94. The lowest BCUT2D eigenvalue weighted by Gasteiger charge is -2.30. The molecule has 0 spiro atoms. The number of benzene rings is 1. The molecule has 0 bridgehead atoms. The van der Waals surface area contributed by atoms with Gasteiger partial charge < -0.3 is 15.7 Å². The molecule has 1 aromatic rings. The summed E-state index contributed by atoms with van der Waals surface area (Å²) < 4.78 is 0.972. The molecule has 3 N–H and O–H groups in total. The van der Waals surface area contributed by atoms with Gasteiger partial charge in [0.25, 0.3) is 0 Å². The molecule has 0 aliphatic heterocycles. The number of rotatable bonds is 7. The van der Waals surface area contributed by atoms with Gasteiger partial charge in [0.15, 0.2) is 0 Å². The van der Waals surface area contributed by atoms with Crippen molar-refractivity contribution in [2.75, 3.05) is 18.5 Å². The van der Waals surface area contributed by atoms with Crippen molar-refractivity contribution in [2.45, 2.75) is 32.2 Å². The Labute approximate surface area is 122 Å². The number of carbonyl (C=O) groups excluding carboxylic acids is 1. The molecule has 4 nitrogen and oxygen atoms in total. The monoisotopic (exact) mass is 328 g/mol. The Morgan fingerprint density at radius 3 is 2.32 bits per heavy atom. The van der Waals surface area contributed by atoms with E-state index >= 15 is 0 Å². The van der Waals surface area contributed by atoms with E-state index in [0.717, 1.165) is 23.0 Å². The highest BCUT2D eigenvalue weighted by molar-refractivity contribution is 9.10. The Morgan fingerprint density at radius 2 is 1.84 bits per heavy atom. The second-order valence-electron chi connectivity index (χ2n) is 4.55. The second-order valence-corrected chi connectivity index (χ2v) is 5.47. The molecule has 0 unspecified atom stereocenters. The molecule has 0 radical (unpaired) electrons. The lowest BCUT2D eigenvalue weighted by Crippen LogP contribution is -2.50. The number of aliphatic hydroxyl groups excluding tert-OH is 1. The van der Waals surface area contributed by atoms with Crippen LogP contribution in [0.15, 0.2) is 28.7 Å². The van der Waals surface area contributed by atoms with Crippen LogP contribution in [0, 0.1) is 0 Å². The molecule has 0 aliphatic rings. The van der Waals surface area contributed by atoms with Gasteiger partial charge in [-0.15, -0.1) is 0 Å². The SMILES string of the molecule is CCC(CC)(CO)NCC(=O)Nc1ccc(Br)cc1. The molecule has 0 aromatic heterocycles. The molecule has 0 heterocycles. The van der Waals surface area contributed by atoms with E-state index < -0.39 is 0 Å². The van der Waals surface area contributed by atoms with Crippen LogP contribution in [0.2, 0.25) is 0 Å². The smallest absolute Gasteiger partial charge is 0.238 e. The highest BCUT2D eigenvalue weighted by Crippen LogP contribution is 2.15. The van der Waals surface area contributed by atoms with Crippen LogP contribution in [-0.4, -0.2) is 29.7 Å². The van der Waals surface area contributed by atoms with E-state index in [-0.39, 0.29) is 24.6 Å². The van der Waals surface area contributed by atoms with Crippen molar-refractivity contribution in [3.05, 3.63) is 28.7 Å². The largest absolute Gasteiger partial charge is 0.394 e. The molecule has 0 saturated heterocycles. The van der Waals surface area contributed by atoms with Gasteiger partial charge in [-0.2, -0.15) is 0 Å². The molecule has 1 rings (SSSR count). The third kappa shape index (κ3) is 4.93. The molecule has 0 aliphatic carbocycles. The van der Waals surface area contributed by atoms with E-state index in [1.54, 1.807) is 0 Å². The molecule has 106 valence electrons. The number of nitrogens with one attached hydrogen (secondary N) is 2. The van der Waals surface area contributed by atoms with Gasteiger partial charge in [-0.3, -0.25) is 4.79 Å². The van der Waals surface area contributed by atoms with Crippen molar-refractivity contribution in [1.82, 2.24) is 5.32 Å². The summed E-state index contributed by atoms with van der Waals surface area (Å²) in [5.41, 5.74) is 0.398. The Kier molecular flexibility index (Phi) is 6.48. The zero-order valence-electron chi connectivity index (χ0n) is 11.4. The van der Waals surface area contributed by atoms with Crippen LogP contribution in [0.4, 0.5) is 5.69 Å². The predicted molar refractivity (Wildman–Crippen MR) is 81.2 cm³/mol. The first-order valence-electron chi connectivity index (χ1n) is 6.46. The van der Waals surface area contributed by atoms with Gasteiger partial charge in [0.1, 0.15) is 0 Å². The summed E-state index contributed by atoms with van der Waals surface area (Å²) in [4.78, 5) is 11.8. The third-order valence-corrected chi connectivity index (χ3v) is 3.94. The van der Waals surface area contributed by atoms with Gasteiger partial charge in [-0.25, -0.2) is 0 Å². The van der Waals surface area contributed by atoms with E-state index in [0.29, 0.717) is 0 Å². The maximum atomic E-state index is 11.8. The summed E-state index contributed by atoms with van der Waals surface area (Å²) in [6.07, 6.45) is 1.57. The van der Waals surface area contributed by atoms with Gasteiger partial charge in [0.2, 0.25) is 5.91 Å². The van der Waals surface area contributed by atoms with Crippen molar-refractivity contribution in [2.24, 2.45) is 0 Å². The molecule has 1 aromatic carbocycles. The molecular formula is C14H21BrN2O2. The van der Waals surface area contributed by atoms with E-state index in [2.05, 4.69) is 26.6 Å². The van der Waals surface area contributed by atoms with Gasteiger partial charge in [0, 0.05) is 15.7 Å². The fourth-order valence-electron chi connectivity index (χ4n) is 1.79. The Balaban J connectivity index is 2.49. The number of aliphatic hydroxyl groups is 1. The van der Waals surface area contributed by atoms with Crippen LogP contribution in [0.25, 0.3) is 0 Å². The topological polar surface area (TPSA) is 61.4 Å². The number of carbonyl (C=O) groups is 1. The molecule has 0 atom stereocenters. The van der Waals surface area contributed by atoms with E-state index in [1.807, 2.05) is 38.1 Å². The summed E-state index contributed by atoms with van der Waals surface area (Å²) in [5, 5.41) is 15.4. The molecule has 5 heteroatoms. The normalized spacial score (nSPS) is 11.4. The van der Waals surface area contributed by atoms with Crippen LogP contribution in [0.1, 0.15) is 26.7 Å². The van der Waals surface area contributed by atoms with Gasteiger partial charge in [0.05, 0.1) is 13.2 Å². The van der Waals surface area contributed by atoms with E-state index in [9.17, 15) is 9.90 Å². The van der Waals surface area contributed by atoms with Gasteiger partial charge in [-0.05, 0) is 37.1 Å². The Morgan fingerprint density at radius 1 is 1.26 bits per heavy atom. The Hall–Kier alpha value is -0.910. The van der Waals surface area contributed by atoms with Crippen molar-refractivity contribution >= 4 is 27.5 Å². The maximum Gasteiger partial charge on any atom is 0.238 e. The minimum Gasteiger partial charge on any atom is -0.394 e. The summed E-state index contributed by atoms with van der Waals surface area (Å²) >= 11 is 3.34. The van der Waals surface area contributed by atoms with Crippen molar-refractivity contribution in [3.8, 4) is 0 Å². The first kappa shape index (κ1) is 16.1. The highest BCUT2D eigenvalue weighted by atomic mass is 79.9. The van der Waals surface area contributed by atoms with Gasteiger partial charge in [-0.1, -0.05) is 29.8 Å². The summed E-state index contributed by atoms with van der Waals surface area (Å²) in [5.74, 6) is -0.109. The van der Waals surface area contributed by atoms with Crippen LogP contribution in [0.5, 0.6) is 0 Å². The number of hydrogen-bond acceptors (Lipinski definition) is 3. The summed E-state index contributed by atoms with van der Waals surface area (Å²) in [6.45, 7) is 4.22. The molecule has 19 heavy (non-hydrogen) atoms. The molecule has 0 fully saturated rings. The van der Waals surface area contributed by atoms with Crippen LogP contribution < -0.4 is 10.6 Å². The van der Waals surface area contributed by atoms with Crippen molar-refractivity contribution in [1.29, 1.82) is 0 Å². The minimum atomic E-state index is -0.364.